The molecule has 1 aromatic carbocycles. The number of benzene rings is 1. The van der Waals surface area contributed by atoms with Crippen LogP contribution in [-0.2, 0) is 14.3 Å². The largest absolute Gasteiger partial charge is 0.481 e. The van der Waals surface area contributed by atoms with E-state index in [0.29, 0.717) is 5.69 Å². The number of ether oxygens (including phenoxy) is 1. The second kappa shape index (κ2) is 4.90. The number of fused-ring (bicyclic) bond motifs is 2. The molecule has 5 heteroatoms. The Morgan fingerprint density at radius 1 is 1.25 bits per heavy atom. The van der Waals surface area contributed by atoms with Gasteiger partial charge in [-0.25, -0.2) is 0 Å². The molecule has 3 rings (SSSR count). The molecule has 0 saturated carbocycles. The second-order valence-electron chi connectivity index (χ2n) is 5.54. The lowest BCUT2D eigenvalue weighted by Crippen LogP contribution is -2.40. The van der Waals surface area contributed by atoms with Crippen LogP contribution in [0.5, 0.6) is 0 Å². The van der Waals surface area contributed by atoms with Crippen molar-refractivity contribution in [1.29, 1.82) is 0 Å². The fourth-order valence-corrected chi connectivity index (χ4v) is 3.27. The van der Waals surface area contributed by atoms with E-state index in [1.165, 1.54) is 0 Å². The number of carbonyl (C=O) groups excluding carboxylic acids is 1. The van der Waals surface area contributed by atoms with E-state index >= 15 is 0 Å². The minimum Gasteiger partial charge on any atom is -0.481 e. The number of hydrogen-bond donors (Lipinski definition) is 2. The smallest absolute Gasteiger partial charge is 0.310 e. The average Bonchev–Trinajstić information content (AvgIpc) is 2.98. The van der Waals surface area contributed by atoms with Gasteiger partial charge in [0.05, 0.1) is 24.0 Å². The summed E-state index contributed by atoms with van der Waals surface area (Å²) in [6.07, 6.45) is 0.924. The van der Waals surface area contributed by atoms with E-state index < -0.39 is 17.8 Å². The van der Waals surface area contributed by atoms with Crippen LogP contribution in [0.15, 0.2) is 24.3 Å². The highest BCUT2D eigenvalue weighted by molar-refractivity contribution is 5.96. The number of nitrogens with one attached hydrogen (secondary N) is 1. The zero-order valence-corrected chi connectivity index (χ0v) is 11.2. The number of aryl methyl sites for hydroxylation is 1. The molecular formula is C15H17NO4. The number of carbonyl (C=O) groups is 2. The van der Waals surface area contributed by atoms with E-state index in [1.54, 1.807) is 6.07 Å². The van der Waals surface area contributed by atoms with Crippen molar-refractivity contribution in [2.24, 2.45) is 11.8 Å². The summed E-state index contributed by atoms with van der Waals surface area (Å²) in [6, 6.07) is 7.46. The lowest BCUT2D eigenvalue weighted by Gasteiger charge is -2.23. The first kappa shape index (κ1) is 13.1. The number of aliphatic carboxylic acids is 1. The molecule has 1 aromatic rings. The zero-order valence-electron chi connectivity index (χ0n) is 11.2. The summed E-state index contributed by atoms with van der Waals surface area (Å²) in [6.45, 7) is 1.94. The van der Waals surface area contributed by atoms with Crippen LogP contribution in [0.2, 0.25) is 0 Å². The Kier molecular flexibility index (Phi) is 3.22. The fraction of sp³-hybridized carbons (Fsp3) is 0.467. The summed E-state index contributed by atoms with van der Waals surface area (Å²) >= 11 is 0. The van der Waals surface area contributed by atoms with E-state index in [-0.39, 0.29) is 18.1 Å². The summed E-state index contributed by atoms with van der Waals surface area (Å²) in [7, 11) is 0. The maximum absolute atomic E-state index is 12.4. The van der Waals surface area contributed by atoms with Crippen molar-refractivity contribution in [3.63, 3.8) is 0 Å². The lowest BCUT2D eigenvalue weighted by molar-refractivity contribution is -0.147. The number of carboxylic acids is 1. The van der Waals surface area contributed by atoms with Gasteiger partial charge in [-0.2, -0.15) is 0 Å². The summed E-state index contributed by atoms with van der Waals surface area (Å²) in [5.74, 6) is -2.51. The fourth-order valence-electron chi connectivity index (χ4n) is 3.27. The van der Waals surface area contributed by atoms with E-state index in [0.717, 1.165) is 18.4 Å². The van der Waals surface area contributed by atoms with Crippen LogP contribution >= 0.6 is 0 Å². The van der Waals surface area contributed by atoms with E-state index in [4.69, 9.17) is 4.74 Å². The number of rotatable bonds is 3. The number of anilines is 1. The monoisotopic (exact) mass is 275 g/mol. The average molecular weight is 275 g/mol. The van der Waals surface area contributed by atoms with Crippen LogP contribution in [0.4, 0.5) is 5.69 Å². The molecule has 4 atom stereocenters. The van der Waals surface area contributed by atoms with E-state index in [9.17, 15) is 14.7 Å². The molecule has 0 aliphatic carbocycles. The highest BCUT2D eigenvalue weighted by Gasteiger charge is 2.55. The van der Waals surface area contributed by atoms with Crippen LogP contribution in [0.3, 0.4) is 0 Å². The third kappa shape index (κ3) is 2.18. The lowest BCUT2D eigenvalue weighted by atomic mass is 9.78. The summed E-state index contributed by atoms with van der Waals surface area (Å²) in [5, 5.41) is 12.1. The summed E-state index contributed by atoms with van der Waals surface area (Å²) in [4.78, 5) is 23.7. The van der Waals surface area contributed by atoms with Crippen molar-refractivity contribution >= 4 is 17.6 Å². The first-order chi connectivity index (χ1) is 9.56. The third-order valence-electron chi connectivity index (χ3n) is 4.15. The molecule has 0 unspecified atom stereocenters. The minimum absolute atomic E-state index is 0.254. The molecule has 5 nitrogen and oxygen atoms in total. The van der Waals surface area contributed by atoms with E-state index in [1.807, 2.05) is 25.1 Å². The first-order valence-corrected chi connectivity index (χ1v) is 6.82. The first-order valence-electron chi connectivity index (χ1n) is 6.82. The molecule has 1 amide bonds. The molecular weight excluding hydrogens is 258 g/mol. The highest BCUT2D eigenvalue weighted by atomic mass is 16.5. The van der Waals surface area contributed by atoms with Gasteiger partial charge in [-0.1, -0.05) is 12.1 Å². The maximum Gasteiger partial charge on any atom is 0.310 e. The van der Waals surface area contributed by atoms with Gasteiger partial charge in [-0.15, -0.1) is 0 Å². The SMILES string of the molecule is Cc1cccc(NC(=O)[C@@H]2[C@H](C(=O)O)[C@H]3CC[C@H]2O3)c1. The van der Waals surface area contributed by atoms with Crippen molar-refractivity contribution < 1.29 is 19.4 Å². The van der Waals surface area contributed by atoms with Gasteiger partial charge in [0, 0.05) is 5.69 Å². The predicted octanol–water partition coefficient (Wildman–Crippen LogP) is 1.81. The van der Waals surface area contributed by atoms with Crippen molar-refractivity contribution in [3.8, 4) is 0 Å². The van der Waals surface area contributed by atoms with Gasteiger partial charge in [-0.05, 0) is 37.5 Å². The van der Waals surface area contributed by atoms with Crippen LogP contribution in [0.1, 0.15) is 18.4 Å². The Morgan fingerprint density at radius 3 is 2.60 bits per heavy atom. The molecule has 2 aliphatic heterocycles. The molecule has 106 valence electrons. The molecule has 2 fully saturated rings. The van der Waals surface area contributed by atoms with Crippen LogP contribution in [-0.4, -0.2) is 29.2 Å². The normalized spacial score (nSPS) is 31.2. The molecule has 0 aromatic heterocycles. The van der Waals surface area contributed by atoms with Crippen molar-refractivity contribution in [2.75, 3.05) is 5.32 Å². The van der Waals surface area contributed by atoms with Gasteiger partial charge in [0.2, 0.25) is 5.91 Å². The Labute approximate surface area is 116 Å². The molecule has 2 saturated heterocycles. The van der Waals surface area contributed by atoms with Crippen molar-refractivity contribution in [3.05, 3.63) is 29.8 Å². The van der Waals surface area contributed by atoms with Gasteiger partial charge in [-0.3, -0.25) is 9.59 Å². The summed E-state index contributed by atoms with van der Waals surface area (Å²) < 4.78 is 5.60. The quantitative estimate of drug-likeness (QED) is 0.882. The Bertz CT molecular complexity index is 557. The highest BCUT2D eigenvalue weighted by Crippen LogP contribution is 2.44. The van der Waals surface area contributed by atoms with Gasteiger partial charge in [0.25, 0.3) is 0 Å². The van der Waals surface area contributed by atoms with Gasteiger partial charge < -0.3 is 15.2 Å². The van der Waals surface area contributed by atoms with Crippen molar-refractivity contribution in [1.82, 2.24) is 0 Å². The predicted molar refractivity (Wildman–Crippen MR) is 72.3 cm³/mol. The topological polar surface area (TPSA) is 75.6 Å². The van der Waals surface area contributed by atoms with E-state index in [2.05, 4.69) is 5.32 Å². The molecule has 0 spiro atoms. The number of amides is 1. The number of hydrogen-bond acceptors (Lipinski definition) is 3. The molecule has 2 heterocycles. The Balaban J connectivity index is 1.78. The maximum atomic E-state index is 12.4. The number of carboxylic acid groups (broad SMARTS) is 1. The van der Waals surface area contributed by atoms with Gasteiger partial charge in [0.15, 0.2) is 0 Å². The molecule has 2 bridgehead atoms. The van der Waals surface area contributed by atoms with Crippen LogP contribution in [0, 0.1) is 18.8 Å². The van der Waals surface area contributed by atoms with Crippen molar-refractivity contribution in [2.45, 2.75) is 32.0 Å². The molecule has 2 N–H and O–H groups in total. The molecule has 0 radical (unpaired) electrons. The van der Waals surface area contributed by atoms with Gasteiger partial charge >= 0.3 is 5.97 Å². The third-order valence-corrected chi connectivity index (χ3v) is 4.15. The summed E-state index contributed by atoms with van der Waals surface area (Å²) in [5.41, 5.74) is 1.74. The zero-order chi connectivity index (χ0) is 14.3. The van der Waals surface area contributed by atoms with Crippen LogP contribution < -0.4 is 5.32 Å². The minimum atomic E-state index is -0.943. The Morgan fingerprint density at radius 2 is 1.95 bits per heavy atom. The molecule has 20 heavy (non-hydrogen) atoms. The standard InChI is InChI=1S/C15H17NO4/c1-8-3-2-4-9(7-8)16-14(17)12-10-5-6-11(20-10)13(12)15(18)19/h2-4,7,10-13H,5-6H2,1H3,(H,16,17)(H,18,19)/t10-,11-,12+,13-/m1/s1. The Hall–Kier alpha value is -1.88. The molecule has 2 aliphatic rings. The van der Waals surface area contributed by atoms with Gasteiger partial charge in [0.1, 0.15) is 0 Å². The second-order valence-corrected chi connectivity index (χ2v) is 5.54. The van der Waals surface area contributed by atoms with Crippen LogP contribution in [0.25, 0.3) is 0 Å².